The van der Waals surface area contributed by atoms with Crippen molar-refractivity contribution in [2.45, 2.75) is 0 Å². The Kier molecular flexibility index (Phi) is 4.81. The zero-order chi connectivity index (χ0) is 4.12. The van der Waals surface area contributed by atoms with Gasteiger partial charge in [-0.15, -0.1) is 6.58 Å². The third-order valence-corrected chi connectivity index (χ3v) is 1.33. The van der Waals surface area contributed by atoms with Crippen LogP contribution in [0.2, 0.25) is 0 Å². The minimum absolute atomic E-state index is 0.0107. The fraction of sp³-hybridized carbons (Fsp3) is 0.333. The van der Waals surface area contributed by atoms with E-state index in [1.54, 1.807) is 0 Å². The highest BCUT2D eigenvalue weighted by molar-refractivity contribution is 14.2. The van der Waals surface area contributed by atoms with Gasteiger partial charge in [-0.05, 0) is 0 Å². The van der Waals surface area contributed by atoms with E-state index in [0.29, 0.717) is 0 Å². The number of hydrogen-bond acceptors (Lipinski definition) is 1. The van der Waals surface area contributed by atoms with Gasteiger partial charge < -0.3 is 0 Å². The van der Waals surface area contributed by atoms with E-state index in [-0.39, 0.29) is 21.5 Å². The van der Waals surface area contributed by atoms with Gasteiger partial charge in [-0.1, -0.05) is 27.6 Å². The van der Waals surface area contributed by atoms with Crippen LogP contribution >= 0.6 is 21.5 Å². The largest absolute Gasteiger partial charge is 0.283 e. The first-order valence-electron chi connectivity index (χ1n) is 1.30. The van der Waals surface area contributed by atoms with E-state index in [2.05, 4.69) is 6.58 Å². The van der Waals surface area contributed by atoms with E-state index in [1.807, 2.05) is 6.08 Å². The Bertz CT molecular complexity index is 28.1. The van der Waals surface area contributed by atoms with Crippen LogP contribution in [0.5, 0.6) is 0 Å². The molecular formula is C3H7IN. The van der Waals surface area contributed by atoms with Crippen LogP contribution in [0.1, 0.15) is 0 Å². The molecule has 0 saturated heterocycles. The molecule has 0 amide bonds. The molecule has 0 unspecified atom stereocenters. The molecule has 2 N–H and O–H groups in total. The van der Waals surface area contributed by atoms with Gasteiger partial charge in [0.05, 0.1) is 0 Å². The van der Waals surface area contributed by atoms with Crippen LogP contribution < -0.4 is 3.95 Å². The van der Waals surface area contributed by atoms with Gasteiger partial charge in [-0.2, -0.15) is 0 Å². The predicted octanol–water partition coefficient (Wildman–Crippen LogP) is 1.02. The maximum atomic E-state index is 5.18. The lowest BCUT2D eigenvalue weighted by molar-refractivity contribution is 1.89. The molecule has 0 heterocycles. The molecule has 0 aliphatic heterocycles. The molecule has 0 aromatic carbocycles. The molecule has 0 spiro atoms. The van der Waals surface area contributed by atoms with Crippen molar-refractivity contribution in [2.24, 2.45) is 3.95 Å². The highest BCUT2D eigenvalue weighted by Gasteiger charge is 1.61. The van der Waals surface area contributed by atoms with Crippen molar-refractivity contribution in [3.8, 4) is 0 Å². The number of hydrogen-bond donors (Lipinski definition) is 1. The summed E-state index contributed by atoms with van der Waals surface area (Å²) >= 11 is -0.0107. The number of rotatable bonds is 2. The van der Waals surface area contributed by atoms with Crippen LogP contribution in [0.25, 0.3) is 0 Å². The van der Waals surface area contributed by atoms with E-state index < -0.39 is 0 Å². The second-order valence-corrected chi connectivity index (χ2v) is 2.36. The molecular weight excluding hydrogens is 177 g/mol. The van der Waals surface area contributed by atoms with Crippen molar-refractivity contribution in [1.82, 2.24) is 0 Å². The number of alkyl halides is 1. The molecule has 31 valence electrons. The van der Waals surface area contributed by atoms with Gasteiger partial charge >= 0.3 is 0 Å². The molecule has 5 heavy (non-hydrogen) atoms. The highest BCUT2D eigenvalue weighted by atomic mass is 127. The molecule has 0 aromatic heterocycles. The average Bonchev–Trinajstić information content (AvgIpc) is 1.41. The highest BCUT2D eigenvalue weighted by Crippen LogP contribution is 1.92. The summed E-state index contributed by atoms with van der Waals surface area (Å²) in [5, 5.41) is 0. The zero-order valence-corrected chi connectivity index (χ0v) is 5.10. The predicted molar refractivity (Wildman–Crippen MR) is 33.3 cm³/mol. The molecule has 0 aliphatic rings. The van der Waals surface area contributed by atoms with Crippen LogP contribution in [-0.2, 0) is 0 Å². The summed E-state index contributed by atoms with van der Waals surface area (Å²) in [6, 6.07) is 0. The topological polar surface area (TPSA) is 26.0 Å². The van der Waals surface area contributed by atoms with E-state index >= 15 is 0 Å². The van der Waals surface area contributed by atoms with E-state index in [0.717, 1.165) is 4.43 Å². The van der Waals surface area contributed by atoms with Gasteiger partial charge in [-0.3, -0.25) is 3.95 Å². The zero-order valence-electron chi connectivity index (χ0n) is 2.95. The van der Waals surface area contributed by atoms with Crippen molar-refractivity contribution >= 4 is 21.5 Å². The van der Waals surface area contributed by atoms with Gasteiger partial charge in [0.25, 0.3) is 0 Å². The Hall–Kier alpha value is 0.430. The van der Waals surface area contributed by atoms with Crippen LogP contribution in [0.15, 0.2) is 12.7 Å². The minimum atomic E-state index is -0.0107. The van der Waals surface area contributed by atoms with Crippen LogP contribution in [0.4, 0.5) is 0 Å². The Morgan fingerprint density at radius 1 is 2.00 bits per heavy atom. The molecule has 0 rings (SSSR count). The molecule has 0 saturated carbocycles. The summed E-state index contributed by atoms with van der Waals surface area (Å²) in [5.74, 6) is 0. The van der Waals surface area contributed by atoms with Gasteiger partial charge in [0, 0.05) is 4.43 Å². The molecule has 1 radical (unpaired) electrons. The summed E-state index contributed by atoms with van der Waals surface area (Å²) in [6.45, 7) is 3.50. The van der Waals surface area contributed by atoms with Crippen LogP contribution in [0.3, 0.4) is 0 Å². The average molecular weight is 184 g/mol. The summed E-state index contributed by atoms with van der Waals surface area (Å²) < 4.78 is 6.22. The quantitative estimate of drug-likeness (QED) is 0.295. The summed E-state index contributed by atoms with van der Waals surface area (Å²) in [5.41, 5.74) is 0. The van der Waals surface area contributed by atoms with Gasteiger partial charge in [0.15, 0.2) is 0 Å². The number of nitrogens with two attached hydrogens (primary N) is 1. The molecule has 0 bridgehead atoms. The fourth-order valence-corrected chi connectivity index (χ4v) is 0.423. The third kappa shape index (κ3) is 4.43. The first kappa shape index (κ1) is 5.43. The van der Waals surface area contributed by atoms with Crippen molar-refractivity contribution in [3.63, 3.8) is 0 Å². The van der Waals surface area contributed by atoms with Crippen LogP contribution in [0, 0.1) is 0 Å². The molecule has 0 fully saturated rings. The number of allylic oxidation sites excluding steroid dienone is 1. The lowest BCUT2D eigenvalue weighted by Gasteiger charge is -1.74. The van der Waals surface area contributed by atoms with Crippen molar-refractivity contribution < 1.29 is 0 Å². The van der Waals surface area contributed by atoms with Crippen molar-refractivity contribution in [1.29, 1.82) is 0 Å². The SMILES string of the molecule is C=CC[I]N. The molecule has 0 aromatic rings. The second-order valence-electron chi connectivity index (χ2n) is 0.597. The monoisotopic (exact) mass is 184 g/mol. The summed E-state index contributed by atoms with van der Waals surface area (Å²) in [4.78, 5) is 0. The molecule has 0 aliphatic carbocycles. The third-order valence-electron chi connectivity index (χ3n) is 0.198. The lowest BCUT2D eigenvalue weighted by atomic mass is 10.8. The van der Waals surface area contributed by atoms with Gasteiger partial charge in [0.2, 0.25) is 0 Å². The first-order valence-corrected chi connectivity index (χ1v) is 4.07. The van der Waals surface area contributed by atoms with Crippen molar-refractivity contribution in [3.05, 3.63) is 12.7 Å². The Morgan fingerprint density at radius 2 is 2.60 bits per heavy atom. The fourth-order valence-electron chi connectivity index (χ4n) is 0.0630. The molecule has 1 nitrogen and oxygen atoms in total. The Balaban J connectivity index is 2.40. The van der Waals surface area contributed by atoms with Gasteiger partial charge in [0.1, 0.15) is 0 Å². The molecule has 2 heteroatoms. The summed E-state index contributed by atoms with van der Waals surface area (Å²) in [6.07, 6.45) is 1.85. The normalized spacial score (nSPS) is 7.40. The standard InChI is InChI=1S/C3H7IN/c1-2-3-4-5/h2H,1,3,5H2. The van der Waals surface area contributed by atoms with Gasteiger partial charge in [-0.25, -0.2) is 0 Å². The maximum absolute atomic E-state index is 5.18. The Labute approximate surface area is 42.9 Å². The first-order chi connectivity index (χ1) is 2.41. The van der Waals surface area contributed by atoms with E-state index in [9.17, 15) is 0 Å². The van der Waals surface area contributed by atoms with E-state index in [1.165, 1.54) is 0 Å². The maximum Gasteiger partial charge on any atom is 0.0221 e. The second kappa shape index (κ2) is 4.43. The van der Waals surface area contributed by atoms with Crippen LogP contribution in [-0.4, -0.2) is 4.43 Å². The smallest absolute Gasteiger partial charge is 0.0221 e. The Morgan fingerprint density at radius 3 is 2.60 bits per heavy atom. The lowest BCUT2D eigenvalue weighted by Crippen LogP contribution is -1.71. The van der Waals surface area contributed by atoms with Crippen molar-refractivity contribution in [2.75, 3.05) is 4.43 Å². The molecule has 0 atom stereocenters. The van der Waals surface area contributed by atoms with E-state index in [4.69, 9.17) is 3.95 Å². The summed E-state index contributed by atoms with van der Waals surface area (Å²) in [7, 11) is 0. The number of halogens is 1. The minimum Gasteiger partial charge on any atom is -0.283 e.